The lowest BCUT2D eigenvalue weighted by molar-refractivity contribution is 0.275. The van der Waals surface area contributed by atoms with Gasteiger partial charge >= 0.3 is 0 Å². The Morgan fingerprint density at radius 3 is 2.53 bits per heavy atom. The first-order valence-electron chi connectivity index (χ1n) is 7.23. The molecule has 1 aromatic heterocycles. The van der Waals surface area contributed by atoms with Crippen molar-refractivity contribution in [2.24, 2.45) is 0 Å². The van der Waals surface area contributed by atoms with Crippen LogP contribution in [-0.2, 0) is 19.4 Å². The van der Waals surface area contributed by atoms with Gasteiger partial charge in [0.05, 0.1) is 6.26 Å². The summed E-state index contributed by atoms with van der Waals surface area (Å²) in [6.45, 7) is 7.27. The second kappa shape index (κ2) is 7.15. The molecule has 1 aliphatic heterocycles. The fraction of sp³-hybridized carbons (Fsp3) is 0.412. The van der Waals surface area contributed by atoms with Crippen molar-refractivity contribution in [2.45, 2.75) is 33.2 Å². The Bertz CT molecular complexity index is 453. The van der Waals surface area contributed by atoms with Crippen molar-refractivity contribution >= 4 is 0 Å². The summed E-state index contributed by atoms with van der Waals surface area (Å²) in [6.07, 6.45) is 3.96. The molecule has 102 valence electrons. The number of rotatable bonds is 2. The summed E-state index contributed by atoms with van der Waals surface area (Å²) in [5.41, 5.74) is 2.78. The highest BCUT2D eigenvalue weighted by atomic mass is 16.3. The van der Waals surface area contributed by atoms with Crippen LogP contribution >= 0.6 is 0 Å². The van der Waals surface area contributed by atoms with Crippen LogP contribution in [0.4, 0.5) is 0 Å². The molecule has 0 aliphatic carbocycles. The molecule has 0 bridgehead atoms. The quantitative estimate of drug-likeness (QED) is 0.811. The van der Waals surface area contributed by atoms with Crippen molar-refractivity contribution in [3.63, 3.8) is 0 Å². The molecule has 0 N–H and O–H groups in total. The zero-order valence-electron chi connectivity index (χ0n) is 11.9. The summed E-state index contributed by atoms with van der Waals surface area (Å²) in [4.78, 5) is 2.50. The van der Waals surface area contributed by atoms with Crippen molar-refractivity contribution in [2.75, 3.05) is 13.1 Å². The first-order valence-corrected chi connectivity index (χ1v) is 7.23. The summed E-state index contributed by atoms with van der Waals surface area (Å²) in [5.74, 6) is 1.18. The zero-order chi connectivity index (χ0) is 13.5. The molecule has 0 atom stereocenters. The fourth-order valence-corrected chi connectivity index (χ4v) is 2.46. The maximum Gasteiger partial charge on any atom is 0.108 e. The third-order valence-corrected chi connectivity index (χ3v) is 3.44. The minimum atomic E-state index is 1.04. The van der Waals surface area contributed by atoms with Gasteiger partial charge in [0.15, 0.2) is 0 Å². The molecule has 0 fully saturated rings. The Morgan fingerprint density at radius 1 is 1.00 bits per heavy atom. The molecule has 2 heteroatoms. The molecule has 0 saturated carbocycles. The Labute approximate surface area is 116 Å². The standard InChI is InChI=1S/C15H17NO.C2H6/c1-2-4-13(5-3-1)12-16-9-6-14-8-11-17-15(14)7-10-16;1-2/h1-5,8,11H,6-7,9-10,12H2;1-2H3. The van der Waals surface area contributed by atoms with E-state index in [-0.39, 0.29) is 0 Å². The van der Waals surface area contributed by atoms with Gasteiger partial charge in [-0.05, 0) is 23.6 Å². The molecule has 2 nitrogen and oxygen atoms in total. The first kappa shape index (κ1) is 13.9. The van der Waals surface area contributed by atoms with Crippen LogP contribution in [0.25, 0.3) is 0 Å². The van der Waals surface area contributed by atoms with Gasteiger partial charge < -0.3 is 4.42 Å². The smallest absolute Gasteiger partial charge is 0.108 e. The van der Waals surface area contributed by atoms with E-state index in [9.17, 15) is 0 Å². The second-order valence-electron chi connectivity index (χ2n) is 4.63. The molecular formula is C17H23NO. The molecule has 0 saturated heterocycles. The van der Waals surface area contributed by atoms with E-state index < -0.39 is 0 Å². The molecule has 0 spiro atoms. The van der Waals surface area contributed by atoms with Crippen molar-refractivity contribution in [3.05, 3.63) is 59.5 Å². The molecule has 1 aromatic carbocycles. The first-order chi connectivity index (χ1) is 9.42. The van der Waals surface area contributed by atoms with E-state index in [2.05, 4.69) is 41.3 Å². The van der Waals surface area contributed by atoms with Gasteiger partial charge in [0, 0.05) is 26.1 Å². The SMILES string of the molecule is CC.c1ccc(CN2CCc3ccoc3CC2)cc1. The average Bonchev–Trinajstić information content (AvgIpc) is 2.85. The predicted octanol–water partition coefficient (Wildman–Crippen LogP) is 3.91. The summed E-state index contributed by atoms with van der Waals surface area (Å²) >= 11 is 0. The largest absolute Gasteiger partial charge is 0.469 e. The van der Waals surface area contributed by atoms with Crippen LogP contribution in [0, 0.1) is 0 Å². The Balaban J connectivity index is 0.000000637. The van der Waals surface area contributed by atoms with Gasteiger partial charge in [-0.15, -0.1) is 0 Å². The van der Waals surface area contributed by atoms with E-state index in [0.29, 0.717) is 0 Å². The molecular weight excluding hydrogens is 234 g/mol. The van der Waals surface area contributed by atoms with Gasteiger partial charge in [-0.25, -0.2) is 0 Å². The van der Waals surface area contributed by atoms with Gasteiger partial charge in [0.2, 0.25) is 0 Å². The maximum absolute atomic E-state index is 5.51. The lowest BCUT2D eigenvalue weighted by atomic mass is 10.2. The summed E-state index contributed by atoms with van der Waals surface area (Å²) in [7, 11) is 0. The highest BCUT2D eigenvalue weighted by Crippen LogP contribution is 2.18. The maximum atomic E-state index is 5.51. The van der Waals surface area contributed by atoms with Crippen LogP contribution in [0.15, 0.2) is 47.1 Å². The monoisotopic (exact) mass is 257 g/mol. The molecule has 3 rings (SSSR count). The van der Waals surface area contributed by atoms with Crippen LogP contribution in [0.1, 0.15) is 30.7 Å². The van der Waals surface area contributed by atoms with Crippen molar-refractivity contribution < 1.29 is 4.42 Å². The molecule has 0 amide bonds. The van der Waals surface area contributed by atoms with Crippen LogP contribution in [0.2, 0.25) is 0 Å². The van der Waals surface area contributed by atoms with Gasteiger partial charge in [0.1, 0.15) is 5.76 Å². The molecule has 1 aliphatic rings. The molecule has 0 radical (unpaired) electrons. The van der Waals surface area contributed by atoms with E-state index in [0.717, 1.165) is 32.5 Å². The van der Waals surface area contributed by atoms with Gasteiger partial charge in [-0.2, -0.15) is 0 Å². The molecule has 0 unspecified atom stereocenters. The second-order valence-corrected chi connectivity index (χ2v) is 4.63. The Morgan fingerprint density at radius 2 is 1.74 bits per heavy atom. The fourth-order valence-electron chi connectivity index (χ4n) is 2.46. The van der Waals surface area contributed by atoms with Crippen molar-refractivity contribution in [3.8, 4) is 0 Å². The van der Waals surface area contributed by atoms with Crippen LogP contribution in [0.5, 0.6) is 0 Å². The Hall–Kier alpha value is -1.54. The number of benzene rings is 1. The van der Waals surface area contributed by atoms with Crippen molar-refractivity contribution in [1.29, 1.82) is 0 Å². The lowest BCUT2D eigenvalue weighted by Crippen LogP contribution is -2.25. The van der Waals surface area contributed by atoms with Gasteiger partial charge in [-0.1, -0.05) is 44.2 Å². The van der Waals surface area contributed by atoms with E-state index in [4.69, 9.17) is 4.42 Å². The normalized spacial score (nSPS) is 15.1. The topological polar surface area (TPSA) is 16.4 Å². The van der Waals surface area contributed by atoms with E-state index in [1.54, 1.807) is 0 Å². The van der Waals surface area contributed by atoms with E-state index >= 15 is 0 Å². The van der Waals surface area contributed by atoms with E-state index in [1.165, 1.54) is 16.9 Å². The highest BCUT2D eigenvalue weighted by Gasteiger charge is 2.15. The number of nitrogens with zero attached hydrogens (tertiary/aromatic N) is 1. The van der Waals surface area contributed by atoms with Crippen LogP contribution in [-0.4, -0.2) is 18.0 Å². The zero-order valence-corrected chi connectivity index (χ0v) is 11.9. The molecule has 2 heterocycles. The predicted molar refractivity (Wildman–Crippen MR) is 79.2 cm³/mol. The number of fused-ring (bicyclic) bond motifs is 1. The third kappa shape index (κ3) is 3.71. The lowest BCUT2D eigenvalue weighted by Gasteiger charge is -2.19. The molecule has 19 heavy (non-hydrogen) atoms. The Kier molecular flexibility index (Phi) is 5.22. The average molecular weight is 257 g/mol. The summed E-state index contributed by atoms with van der Waals surface area (Å²) in [5, 5.41) is 0. The minimum absolute atomic E-state index is 1.04. The van der Waals surface area contributed by atoms with E-state index in [1.807, 2.05) is 20.1 Å². The van der Waals surface area contributed by atoms with Crippen LogP contribution < -0.4 is 0 Å². The van der Waals surface area contributed by atoms with Crippen LogP contribution in [0.3, 0.4) is 0 Å². The summed E-state index contributed by atoms with van der Waals surface area (Å²) < 4.78 is 5.51. The van der Waals surface area contributed by atoms with Gasteiger partial charge in [-0.3, -0.25) is 4.90 Å². The third-order valence-electron chi connectivity index (χ3n) is 3.44. The number of hydrogen-bond acceptors (Lipinski definition) is 2. The van der Waals surface area contributed by atoms with Gasteiger partial charge in [0.25, 0.3) is 0 Å². The summed E-state index contributed by atoms with van der Waals surface area (Å²) in [6, 6.07) is 12.8. The minimum Gasteiger partial charge on any atom is -0.469 e. The molecule has 2 aromatic rings. The number of furan rings is 1. The number of hydrogen-bond donors (Lipinski definition) is 0. The highest BCUT2D eigenvalue weighted by molar-refractivity contribution is 5.20. The van der Waals surface area contributed by atoms with Crippen molar-refractivity contribution in [1.82, 2.24) is 4.90 Å².